The van der Waals surface area contributed by atoms with Crippen LogP contribution in [-0.4, -0.2) is 23.2 Å². The topological polar surface area (TPSA) is 141 Å². The first kappa shape index (κ1) is 48.6. The molecular weight excluding hydrogens is 688 g/mol. The molecule has 0 bridgehead atoms. The van der Waals surface area contributed by atoms with Crippen LogP contribution >= 0.6 is 40.1 Å². The number of hydrogen-bond acceptors (Lipinski definition) is 10. The molecule has 10 nitrogen and oxygen atoms in total. The van der Waals surface area contributed by atoms with Crippen molar-refractivity contribution in [3.63, 3.8) is 0 Å². The molecule has 248 valence electrons. The van der Waals surface area contributed by atoms with Crippen LogP contribution in [0.25, 0.3) is 0 Å². The molecule has 0 radical (unpaired) electrons. The Morgan fingerprint density at radius 1 is 0.630 bits per heavy atom. The molecule has 2 atom stereocenters. The number of rotatable bonds is 22. The summed E-state index contributed by atoms with van der Waals surface area (Å²) < 4.78 is 41.8. The van der Waals surface area contributed by atoms with Gasteiger partial charge in [0.15, 0.2) is 0 Å². The first-order valence-electron chi connectivity index (χ1n) is 15.0. The summed E-state index contributed by atoms with van der Waals surface area (Å²) in [5, 5.41) is 0. The molecule has 0 aliphatic heterocycles. The molecular formula is C30H46N2Na2O8P2S2. The monoisotopic (exact) mass is 734 g/mol. The van der Waals surface area contributed by atoms with Crippen molar-refractivity contribution >= 4 is 50.1 Å². The number of hydroxylamine groups is 2. The number of phosphoric ester groups is 2. The summed E-state index contributed by atoms with van der Waals surface area (Å²) in [6, 6.07) is 19.0. The molecule has 2 unspecified atom stereocenters. The summed E-state index contributed by atoms with van der Waals surface area (Å²) in [5.41, 5.74) is 6.56. The summed E-state index contributed by atoms with van der Waals surface area (Å²) in [4.78, 5) is 23.9. The Balaban J connectivity index is 0. The maximum Gasteiger partial charge on any atom is 1.00 e. The van der Waals surface area contributed by atoms with Crippen molar-refractivity contribution in [1.29, 1.82) is 0 Å². The molecule has 2 N–H and O–H groups in total. The Labute approximate surface area is 330 Å². The van der Waals surface area contributed by atoms with E-state index in [0.29, 0.717) is 35.7 Å². The van der Waals surface area contributed by atoms with Crippen LogP contribution in [0.5, 0.6) is 0 Å². The van der Waals surface area contributed by atoms with Gasteiger partial charge in [-0.2, -0.15) is 0 Å². The number of phosphoric acid groups is 2. The Hall–Kier alpha value is 0.440. The van der Waals surface area contributed by atoms with E-state index in [1.165, 1.54) is 0 Å². The minimum absolute atomic E-state index is 0. The largest absolute Gasteiger partial charge is 1.00 e. The molecule has 16 heteroatoms. The molecule has 0 fully saturated rings. The summed E-state index contributed by atoms with van der Waals surface area (Å²) >= 11 is 10.0. The van der Waals surface area contributed by atoms with E-state index in [4.69, 9.17) is 33.5 Å². The number of benzene rings is 2. The third-order valence-electron chi connectivity index (χ3n) is 6.02. The second-order valence-corrected chi connectivity index (χ2v) is 13.5. The minimum Gasteiger partial charge on any atom is -0.755 e. The Kier molecular flexibility index (Phi) is 32.0. The molecule has 0 amide bonds. The molecule has 0 aliphatic carbocycles. The summed E-state index contributed by atoms with van der Waals surface area (Å²) in [5.74, 6) is 0. The zero-order valence-electron chi connectivity index (χ0n) is 27.6. The minimum atomic E-state index is -4.38. The van der Waals surface area contributed by atoms with Gasteiger partial charge in [-0.1, -0.05) is 137 Å². The third-order valence-corrected chi connectivity index (χ3v) is 8.23. The molecule has 0 saturated heterocycles. The van der Waals surface area contributed by atoms with Gasteiger partial charge in [0.25, 0.3) is 15.6 Å². The van der Waals surface area contributed by atoms with Gasteiger partial charge in [0, 0.05) is 0 Å². The first-order valence-corrected chi connectivity index (χ1v) is 18.7. The Morgan fingerprint density at radius 2 is 0.978 bits per heavy atom. The molecule has 2 aromatic rings. The van der Waals surface area contributed by atoms with E-state index < -0.39 is 15.6 Å². The van der Waals surface area contributed by atoms with Crippen molar-refractivity contribution in [3.8, 4) is 0 Å². The van der Waals surface area contributed by atoms with Crippen LogP contribution in [0.4, 0.5) is 0 Å². The normalized spacial score (nSPS) is 13.0. The van der Waals surface area contributed by atoms with Crippen molar-refractivity contribution in [2.75, 3.05) is 13.2 Å². The van der Waals surface area contributed by atoms with Gasteiger partial charge in [-0.15, -0.1) is 0 Å². The standard InChI is InChI=1S/2C15H24NO4PS.2Na/c2*1-2-3-4-8-11-15(22)16-20-21(17,18)19-13-12-14-9-6-5-7-10-14;;/h2*5-7,9-10H,2-4,8,11-13H2,1H3,(H,16,22)(H,17,18);;/q;;2*+1/p-2. The first-order chi connectivity index (χ1) is 21.1. The van der Waals surface area contributed by atoms with E-state index in [9.17, 15) is 18.9 Å². The number of unbranched alkanes of at least 4 members (excludes halogenated alkanes) is 6. The fourth-order valence-electron chi connectivity index (χ4n) is 3.63. The molecule has 2 aromatic carbocycles. The predicted molar refractivity (Wildman–Crippen MR) is 179 cm³/mol. The number of nitrogens with one attached hydrogen (secondary N) is 2. The van der Waals surface area contributed by atoms with Crippen LogP contribution in [-0.2, 0) is 40.3 Å². The second-order valence-electron chi connectivity index (χ2n) is 9.89. The van der Waals surface area contributed by atoms with Gasteiger partial charge in [-0.05, 0) is 49.7 Å². The van der Waals surface area contributed by atoms with E-state index in [1.807, 2.05) is 60.7 Å². The van der Waals surface area contributed by atoms with Gasteiger partial charge in [0.1, 0.15) is 9.98 Å². The van der Waals surface area contributed by atoms with Crippen molar-refractivity contribution in [3.05, 3.63) is 71.8 Å². The summed E-state index contributed by atoms with van der Waals surface area (Å²) in [7, 11) is -8.75. The molecule has 0 aromatic heterocycles. The smallest absolute Gasteiger partial charge is 0.755 e. The number of hydrogen-bond donors (Lipinski definition) is 2. The quantitative estimate of drug-likeness (QED) is 0.0588. The van der Waals surface area contributed by atoms with Crippen LogP contribution in [0, 0.1) is 0 Å². The Bertz CT molecular complexity index is 1070. The van der Waals surface area contributed by atoms with E-state index in [1.54, 1.807) is 0 Å². The van der Waals surface area contributed by atoms with E-state index in [-0.39, 0.29) is 72.3 Å². The zero-order valence-corrected chi connectivity index (χ0v) is 35.1. The zero-order chi connectivity index (χ0) is 32.5. The van der Waals surface area contributed by atoms with Gasteiger partial charge in [-0.25, -0.2) is 9.25 Å². The molecule has 0 aliphatic rings. The van der Waals surface area contributed by atoms with E-state index in [2.05, 4.69) is 34.1 Å². The number of thiocarbonyl (C=S) groups is 2. The summed E-state index contributed by atoms with van der Waals surface area (Å²) in [6.45, 7) is 4.33. The third kappa shape index (κ3) is 28.3. The van der Waals surface area contributed by atoms with Crippen LogP contribution in [0.3, 0.4) is 0 Å². The van der Waals surface area contributed by atoms with Gasteiger partial charge in [-0.3, -0.25) is 20.1 Å². The molecule has 0 heterocycles. The van der Waals surface area contributed by atoms with Crippen molar-refractivity contribution < 1.29 is 96.3 Å². The van der Waals surface area contributed by atoms with Crippen molar-refractivity contribution in [2.45, 2.75) is 90.9 Å². The van der Waals surface area contributed by atoms with Crippen molar-refractivity contribution in [2.24, 2.45) is 0 Å². The average Bonchev–Trinajstić information content (AvgIpc) is 3.01. The molecule has 0 saturated carbocycles. The maximum absolute atomic E-state index is 11.6. The van der Waals surface area contributed by atoms with Crippen molar-refractivity contribution in [1.82, 2.24) is 11.0 Å². The van der Waals surface area contributed by atoms with Gasteiger partial charge in [0.2, 0.25) is 0 Å². The average molecular weight is 735 g/mol. The fourth-order valence-corrected chi connectivity index (χ4v) is 5.31. The van der Waals surface area contributed by atoms with Gasteiger partial charge < -0.3 is 18.8 Å². The summed E-state index contributed by atoms with van der Waals surface area (Å²) in [6.07, 6.45) is 10.8. The Morgan fingerprint density at radius 3 is 1.30 bits per heavy atom. The van der Waals surface area contributed by atoms with Crippen LogP contribution in [0.2, 0.25) is 0 Å². The van der Waals surface area contributed by atoms with Gasteiger partial charge >= 0.3 is 59.1 Å². The van der Waals surface area contributed by atoms with E-state index >= 15 is 0 Å². The predicted octanol–water partition coefficient (Wildman–Crippen LogP) is 1.07. The van der Waals surface area contributed by atoms with E-state index in [0.717, 1.165) is 62.5 Å². The SMILES string of the molecule is CCCCCCC(=S)NOP(=O)([O-])OCCc1ccccc1.CCCCCCC(=S)NOP(=O)([O-])OCCc1ccccc1.[Na+].[Na+]. The second kappa shape index (κ2) is 30.3. The van der Waals surface area contributed by atoms with Crippen LogP contribution < -0.4 is 79.9 Å². The molecule has 2 rings (SSSR count). The molecule has 0 spiro atoms. The van der Waals surface area contributed by atoms with Crippen LogP contribution in [0.1, 0.15) is 89.2 Å². The van der Waals surface area contributed by atoms with Crippen LogP contribution in [0.15, 0.2) is 60.7 Å². The fraction of sp³-hybridized carbons (Fsp3) is 0.533. The van der Waals surface area contributed by atoms with Gasteiger partial charge in [0.05, 0.1) is 13.2 Å². The molecule has 46 heavy (non-hydrogen) atoms. The maximum atomic E-state index is 11.6.